The van der Waals surface area contributed by atoms with Crippen LogP contribution in [0.25, 0.3) is 0 Å². The predicted octanol–water partition coefficient (Wildman–Crippen LogP) is 3.42. The standard InChI is InChI=1S/C11H6F2N2O2S/c12-7-3-4-10(8(13)6-7)18-11-9(15(16)17)2-1-5-14-11/h1-6H. The van der Waals surface area contributed by atoms with Crippen LogP contribution in [0.3, 0.4) is 0 Å². The van der Waals surface area contributed by atoms with E-state index in [4.69, 9.17) is 0 Å². The lowest BCUT2D eigenvalue weighted by Gasteiger charge is -2.03. The van der Waals surface area contributed by atoms with Gasteiger partial charge in [0.2, 0.25) is 0 Å². The summed E-state index contributed by atoms with van der Waals surface area (Å²) < 4.78 is 26.1. The van der Waals surface area contributed by atoms with Crippen molar-refractivity contribution in [3.8, 4) is 0 Å². The topological polar surface area (TPSA) is 56.0 Å². The van der Waals surface area contributed by atoms with Crippen LogP contribution in [0.15, 0.2) is 46.5 Å². The molecule has 1 aromatic heterocycles. The Labute approximate surface area is 105 Å². The Morgan fingerprint density at radius 3 is 2.72 bits per heavy atom. The van der Waals surface area contributed by atoms with Gasteiger partial charge in [-0.2, -0.15) is 0 Å². The second kappa shape index (κ2) is 5.09. The molecular weight excluding hydrogens is 262 g/mol. The first-order valence-corrected chi connectivity index (χ1v) is 5.62. The van der Waals surface area contributed by atoms with Crippen molar-refractivity contribution in [3.63, 3.8) is 0 Å². The van der Waals surface area contributed by atoms with Crippen molar-refractivity contribution in [1.29, 1.82) is 0 Å². The molecule has 2 rings (SSSR count). The number of hydrogen-bond donors (Lipinski definition) is 0. The molecule has 0 bridgehead atoms. The van der Waals surface area contributed by atoms with Crippen LogP contribution < -0.4 is 0 Å². The fraction of sp³-hybridized carbons (Fsp3) is 0. The van der Waals surface area contributed by atoms with E-state index in [1.54, 1.807) is 0 Å². The van der Waals surface area contributed by atoms with E-state index in [0.717, 1.165) is 23.9 Å². The molecule has 7 heteroatoms. The van der Waals surface area contributed by atoms with Crippen molar-refractivity contribution in [2.24, 2.45) is 0 Å². The van der Waals surface area contributed by atoms with E-state index in [2.05, 4.69) is 4.98 Å². The number of nitro groups is 1. The summed E-state index contributed by atoms with van der Waals surface area (Å²) in [7, 11) is 0. The van der Waals surface area contributed by atoms with Gasteiger partial charge in [0.1, 0.15) is 11.6 Å². The lowest BCUT2D eigenvalue weighted by Crippen LogP contribution is -1.93. The van der Waals surface area contributed by atoms with Gasteiger partial charge in [-0.3, -0.25) is 10.1 Å². The highest BCUT2D eigenvalue weighted by atomic mass is 32.2. The summed E-state index contributed by atoms with van der Waals surface area (Å²) in [5.41, 5.74) is -0.216. The first kappa shape index (κ1) is 12.4. The van der Waals surface area contributed by atoms with Gasteiger partial charge in [-0.1, -0.05) is 11.8 Å². The number of halogens is 2. The third-order valence-corrected chi connectivity index (χ3v) is 3.11. The average molecular weight is 268 g/mol. The van der Waals surface area contributed by atoms with Crippen molar-refractivity contribution >= 4 is 17.4 Å². The number of rotatable bonds is 3. The van der Waals surface area contributed by atoms with Crippen LogP contribution in [0.2, 0.25) is 0 Å². The van der Waals surface area contributed by atoms with E-state index < -0.39 is 16.6 Å². The fourth-order valence-corrected chi connectivity index (χ4v) is 2.12. The minimum atomic E-state index is -0.778. The highest BCUT2D eigenvalue weighted by Gasteiger charge is 2.17. The molecule has 92 valence electrons. The first-order valence-electron chi connectivity index (χ1n) is 4.80. The molecule has 0 unspecified atom stereocenters. The van der Waals surface area contributed by atoms with Gasteiger partial charge in [0.15, 0.2) is 5.03 Å². The quantitative estimate of drug-likeness (QED) is 0.632. The summed E-state index contributed by atoms with van der Waals surface area (Å²) in [6.45, 7) is 0. The third kappa shape index (κ3) is 2.62. The van der Waals surface area contributed by atoms with Gasteiger partial charge in [0.25, 0.3) is 0 Å². The minimum absolute atomic E-state index is 0.0630. The van der Waals surface area contributed by atoms with Gasteiger partial charge < -0.3 is 0 Å². The van der Waals surface area contributed by atoms with Crippen molar-refractivity contribution < 1.29 is 13.7 Å². The molecule has 0 aliphatic heterocycles. The van der Waals surface area contributed by atoms with Crippen molar-refractivity contribution in [1.82, 2.24) is 4.98 Å². The normalized spacial score (nSPS) is 10.3. The molecule has 0 fully saturated rings. The Hall–Kier alpha value is -2.02. The molecule has 0 aliphatic rings. The Morgan fingerprint density at radius 1 is 1.28 bits per heavy atom. The summed E-state index contributed by atoms with van der Waals surface area (Å²) in [4.78, 5) is 14.1. The van der Waals surface area contributed by atoms with E-state index in [9.17, 15) is 18.9 Å². The molecule has 18 heavy (non-hydrogen) atoms. The SMILES string of the molecule is O=[N+]([O-])c1cccnc1Sc1ccc(F)cc1F. The lowest BCUT2D eigenvalue weighted by atomic mass is 10.3. The minimum Gasteiger partial charge on any atom is -0.258 e. The van der Waals surface area contributed by atoms with Gasteiger partial charge >= 0.3 is 5.69 Å². The van der Waals surface area contributed by atoms with Gasteiger partial charge in [-0.15, -0.1) is 0 Å². The van der Waals surface area contributed by atoms with E-state index >= 15 is 0 Å². The maximum absolute atomic E-state index is 13.4. The molecule has 0 radical (unpaired) electrons. The molecule has 0 saturated heterocycles. The highest BCUT2D eigenvalue weighted by molar-refractivity contribution is 7.99. The zero-order valence-corrected chi connectivity index (χ0v) is 9.66. The number of benzene rings is 1. The fourth-order valence-electron chi connectivity index (χ4n) is 1.26. The number of pyridine rings is 1. The number of nitrogens with zero attached hydrogens (tertiary/aromatic N) is 2. The van der Waals surface area contributed by atoms with Gasteiger partial charge in [0, 0.05) is 23.2 Å². The molecule has 0 N–H and O–H groups in total. The third-order valence-electron chi connectivity index (χ3n) is 2.05. The van der Waals surface area contributed by atoms with Crippen LogP contribution in [0.5, 0.6) is 0 Å². The average Bonchev–Trinajstić information content (AvgIpc) is 2.33. The zero-order valence-electron chi connectivity index (χ0n) is 8.84. The molecule has 1 aromatic carbocycles. The predicted molar refractivity (Wildman–Crippen MR) is 61.4 cm³/mol. The monoisotopic (exact) mass is 268 g/mol. The smallest absolute Gasteiger partial charge is 0.258 e. The Bertz CT molecular complexity index is 607. The molecule has 0 aliphatic carbocycles. The maximum Gasteiger partial charge on any atom is 0.301 e. The van der Waals surface area contributed by atoms with Gasteiger partial charge in [-0.25, -0.2) is 13.8 Å². The Morgan fingerprint density at radius 2 is 2.06 bits per heavy atom. The van der Waals surface area contributed by atoms with Crippen LogP contribution in [0.1, 0.15) is 0 Å². The molecule has 1 heterocycles. The van der Waals surface area contributed by atoms with Crippen molar-refractivity contribution in [2.45, 2.75) is 9.92 Å². The van der Waals surface area contributed by atoms with E-state index in [1.165, 1.54) is 24.4 Å². The highest BCUT2D eigenvalue weighted by Crippen LogP contribution is 2.34. The zero-order chi connectivity index (χ0) is 13.1. The van der Waals surface area contributed by atoms with Gasteiger partial charge in [0.05, 0.1) is 4.92 Å². The molecule has 0 spiro atoms. The lowest BCUT2D eigenvalue weighted by molar-refractivity contribution is -0.388. The molecule has 0 saturated carbocycles. The molecule has 0 atom stereocenters. The summed E-state index contributed by atoms with van der Waals surface area (Å²) in [5.74, 6) is -1.48. The van der Waals surface area contributed by atoms with Gasteiger partial charge in [-0.05, 0) is 18.2 Å². The second-order valence-electron chi connectivity index (χ2n) is 3.26. The summed E-state index contributed by atoms with van der Waals surface area (Å²) in [5, 5.41) is 10.8. The molecule has 0 amide bonds. The maximum atomic E-state index is 13.4. The largest absolute Gasteiger partial charge is 0.301 e. The molecular formula is C11H6F2N2O2S. The van der Waals surface area contributed by atoms with Crippen molar-refractivity contribution in [2.75, 3.05) is 0 Å². The van der Waals surface area contributed by atoms with E-state index in [1.807, 2.05) is 0 Å². The van der Waals surface area contributed by atoms with Crippen LogP contribution in [-0.4, -0.2) is 9.91 Å². The molecule has 2 aromatic rings. The summed E-state index contributed by atoms with van der Waals surface area (Å²) in [6.07, 6.45) is 1.37. The Balaban J connectivity index is 2.37. The van der Waals surface area contributed by atoms with Crippen LogP contribution in [0.4, 0.5) is 14.5 Å². The number of aromatic nitrogens is 1. The van der Waals surface area contributed by atoms with E-state index in [0.29, 0.717) is 0 Å². The van der Waals surface area contributed by atoms with Crippen molar-refractivity contribution in [3.05, 3.63) is 58.3 Å². The summed E-state index contributed by atoms with van der Waals surface area (Å²) >= 11 is 0.783. The second-order valence-corrected chi connectivity index (χ2v) is 4.29. The first-order chi connectivity index (χ1) is 8.58. The van der Waals surface area contributed by atoms with Crippen LogP contribution in [0, 0.1) is 21.7 Å². The summed E-state index contributed by atoms with van der Waals surface area (Å²) in [6, 6.07) is 5.71. The van der Waals surface area contributed by atoms with Crippen LogP contribution in [-0.2, 0) is 0 Å². The van der Waals surface area contributed by atoms with E-state index in [-0.39, 0.29) is 15.6 Å². The Kier molecular flexibility index (Phi) is 3.52. The van der Waals surface area contributed by atoms with Crippen LogP contribution >= 0.6 is 11.8 Å². The molecule has 4 nitrogen and oxygen atoms in total. The number of hydrogen-bond acceptors (Lipinski definition) is 4.